The Kier molecular flexibility index (Phi) is 2.25. The third-order valence-electron chi connectivity index (χ3n) is 5.68. The summed E-state index contributed by atoms with van der Waals surface area (Å²) < 4.78 is 12.2. The molecule has 5 aliphatic rings. The number of hydrogen-bond acceptors (Lipinski definition) is 4. The van der Waals surface area contributed by atoms with E-state index in [1.54, 1.807) is 0 Å². The minimum atomic E-state index is -0.623. The summed E-state index contributed by atoms with van der Waals surface area (Å²) in [5.74, 6) is 0.939. The van der Waals surface area contributed by atoms with Crippen molar-refractivity contribution in [3.05, 3.63) is 0 Å². The SMILES string of the molecule is CC1O[C@@H]2O[C@@]3(C)CC[C@H]4[C@H](C)CC[C@@H]1[C@@]24OO3. The summed E-state index contributed by atoms with van der Waals surface area (Å²) in [6, 6.07) is 0. The maximum atomic E-state index is 6.10. The van der Waals surface area contributed by atoms with E-state index in [1.165, 1.54) is 6.42 Å². The molecule has 18 heavy (non-hydrogen) atoms. The molecule has 1 unspecified atom stereocenters. The second-order valence-corrected chi connectivity index (χ2v) is 6.75. The number of fused-ring (bicyclic) bond motifs is 2. The molecule has 4 aliphatic heterocycles. The molecule has 2 bridgehead atoms. The summed E-state index contributed by atoms with van der Waals surface area (Å²) >= 11 is 0. The monoisotopic (exact) mass is 254 g/mol. The first-order valence-corrected chi connectivity index (χ1v) is 7.25. The third kappa shape index (κ3) is 1.25. The first-order chi connectivity index (χ1) is 8.55. The quantitative estimate of drug-likeness (QED) is 0.623. The van der Waals surface area contributed by atoms with Gasteiger partial charge in [0.15, 0.2) is 11.9 Å². The Labute approximate surface area is 108 Å². The zero-order valence-corrected chi connectivity index (χ0v) is 11.3. The highest BCUT2D eigenvalue weighted by Gasteiger charge is 2.70. The van der Waals surface area contributed by atoms with Gasteiger partial charge in [-0.3, -0.25) is 0 Å². The molecule has 0 aromatic rings. The topological polar surface area (TPSA) is 36.9 Å². The predicted molar refractivity (Wildman–Crippen MR) is 63.3 cm³/mol. The van der Waals surface area contributed by atoms with E-state index in [2.05, 4.69) is 13.8 Å². The summed E-state index contributed by atoms with van der Waals surface area (Å²) in [6.45, 7) is 6.44. The normalized spacial score (nSPS) is 62.5. The van der Waals surface area contributed by atoms with Crippen LogP contribution in [0.2, 0.25) is 0 Å². The average molecular weight is 254 g/mol. The zero-order chi connectivity index (χ0) is 12.5. The molecule has 1 aliphatic carbocycles. The lowest BCUT2D eigenvalue weighted by Crippen LogP contribution is -2.61. The van der Waals surface area contributed by atoms with Gasteiger partial charge in [-0.1, -0.05) is 6.92 Å². The Balaban J connectivity index is 1.82. The largest absolute Gasteiger partial charge is 0.346 e. The molecule has 4 heteroatoms. The van der Waals surface area contributed by atoms with E-state index < -0.39 is 5.79 Å². The summed E-state index contributed by atoms with van der Waals surface area (Å²) in [5, 5.41) is 0. The highest BCUT2D eigenvalue weighted by molar-refractivity contribution is 5.10. The fourth-order valence-electron chi connectivity index (χ4n) is 4.65. The number of hydrogen-bond donors (Lipinski definition) is 0. The second kappa shape index (κ2) is 3.48. The molecule has 1 saturated carbocycles. The van der Waals surface area contributed by atoms with Gasteiger partial charge in [0.1, 0.15) is 0 Å². The van der Waals surface area contributed by atoms with Crippen molar-refractivity contribution in [2.24, 2.45) is 17.8 Å². The molecule has 0 aromatic carbocycles. The smallest absolute Gasteiger partial charge is 0.201 e. The van der Waals surface area contributed by atoms with Crippen molar-refractivity contribution in [3.8, 4) is 0 Å². The molecular formula is C14H22O4. The van der Waals surface area contributed by atoms with Gasteiger partial charge >= 0.3 is 0 Å². The fraction of sp³-hybridized carbons (Fsp3) is 1.00. The Bertz CT molecular complexity index is 373. The molecule has 4 nitrogen and oxygen atoms in total. The molecule has 0 amide bonds. The highest BCUT2D eigenvalue weighted by Crippen LogP contribution is 2.60. The van der Waals surface area contributed by atoms with E-state index in [9.17, 15) is 0 Å². The lowest BCUT2D eigenvalue weighted by Gasteiger charge is -2.50. The first kappa shape index (κ1) is 11.6. The molecule has 0 N–H and O–H groups in total. The van der Waals surface area contributed by atoms with Gasteiger partial charge in [-0.25, -0.2) is 9.78 Å². The van der Waals surface area contributed by atoms with Gasteiger partial charge in [-0.15, -0.1) is 0 Å². The maximum absolute atomic E-state index is 6.10. The summed E-state index contributed by atoms with van der Waals surface area (Å²) in [6.07, 6.45) is 4.38. The Morgan fingerprint density at radius 1 is 1.00 bits per heavy atom. The van der Waals surface area contributed by atoms with Crippen LogP contribution in [0, 0.1) is 17.8 Å². The van der Waals surface area contributed by atoms with Gasteiger partial charge in [0.2, 0.25) is 5.79 Å². The average Bonchev–Trinajstić information content (AvgIpc) is 2.45. The van der Waals surface area contributed by atoms with Crippen LogP contribution >= 0.6 is 0 Å². The van der Waals surface area contributed by atoms with Crippen molar-refractivity contribution in [1.29, 1.82) is 0 Å². The van der Waals surface area contributed by atoms with Crippen LogP contribution in [0.4, 0.5) is 0 Å². The minimum absolute atomic E-state index is 0.203. The van der Waals surface area contributed by atoms with Crippen LogP contribution in [0.5, 0.6) is 0 Å². The van der Waals surface area contributed by atoms with Crippen LogP contribution in [0.1, 0.15) is 46.5 Å². The Morgan fingerprint density at radius 3 is 2.67 bits per heavy atom. The first-order valence-electron chi connectivity index (χ1n) is 7.25. The third-order valence-corrected chi connectivity index (χ3v) is 5.68. The summed E-state index contributed by atoms with van der Waals surface area (Å²) in [5.41, 5.74) is -0.354. The van der Waals surface area contributed by atoms with Gasteiger partial charge in [-0.2, -0.15) is 0 Å². The van der Waals surface area contributed by atoms with Crippen LogP contribution < -0.4 is 0 Å². The molecule has 7 atom stereocenters. The van der Waals surface area contributed by atoms with Crippen molar-refractivity contribution in [3.63, 3.8) is 0 Å². The molecule has 5 fully saturated rings. The van der Waals surface area contributed by atoms with Crippen LogP contribution in [0.25, 0.3) is 0 Å². The summed E-state index contributed by atoms with van der Waals surface area (Å²) in [4.78, 5) is 11.6. The zero-order valence-electron chi connectivity index (χ0n) is 11.3. The van der Waals surface area contributed by atoms with Crippen LogP contribution in [0.3, 0.4) is 0 Å². The van der Waals surface area contributed by atoms with Crippen molar-refractivity contribution >= 4 is 0 Å². The molecule has 4 heterocycles. The second-order valence-electron chi connectivity index (χ2n) is 6.75. The predicted octanol–water partition coefficient (Wildman–Crippen LogP) is 2.62. The van der Waals surface area contributed by atoms with E-state index in [-0.39, 0.29) is 18.0 Å². The standard InChI is InChI=1S/C14H22O4/c1-8-4-5-11-9(2)15-12-14(11)10(8)6-7-13(3,16-12)17-18-14/h8-12H,4-7H2,1-3H3/t8-,9?,10+,11+,12-,13-,14-/m1/s1. The van der Waals surface area contributed by atoms with Gasteiger partial charge in [-0.05, 0) is 44.9 Å². The van der Waals surface area contributed by atoms with Crippen molar-refractivity contribution in [1.82, 2.24) is 0 Å². The van der Waals surface area contributed by atoms with Gasteiger partial charge in [0.05, 0.1) is 6.10 Å². The lowest BCUT2D eigenvalue weighted by molar-refractivity contribution is -0.541. The van der Waals surface area contributed by atoms with E-state index in [0.29, 0.717) is 17.8 Å². The highest BCUT2D eigenvalue weighted by atomic mass is 17.3. The maximum Gasteiger partial charge on any atom is 0.201 e. The molecule has 4 saturated heterocycles. The van der Waals surface area contributed by atoms with Crippen molar-refractivity contribution in [2.75, 3.05) is 0 Å². The van der Waals surface area contributed by atoms with Crippen LogP contribution in [0.15, 0.2) is 0 Å². The molecule has 1 spiro atoms. The van der Waals surface area contributed by atoms with E-state index in [1.807, 2.05) is 6.92 Å². The van der Waals surface area contributed by atoms with Gasteiger partial charge in [0, 0.05) is 12.3 Å². The fourth-order valence-corrected chi connectivity index (χ4v) is 4.65. The van der Waals surface area contributed by atoms with Crippen LogP contribution in [-0.4, -0.2) is 23.8 Å². The molecule has 0 aromatic heterocycles. The van der Waals surface area contributed by atoms with Crippen molar-refractivity contribution in [2.45, 2.75) is 70.2 Å². The van der Waals surface area contributed by atoms with Gasteiger partial charge in [0.25, 0.3) is 0 Å². The summed E-state index contributed by atoms with van der Waals surface area (Å²) in [7, 11) is 0. The van der Waals surface area contributed by atoms with Crippen molar-refractivity contribution < 1.29 is 19.2 Å². The number of ether oxygens (including phenoxy) is 2. The van der Waals surface area contributed by atoms with E-state index >= 15 is 0 Å². The Morgan fingerprint density at radius 2 is 1.83 bits per heavy atom. The van der Waals surface area contributed by atoms with E-state index in [0.717, 1.165) is 19.3 Å². The Hall–Kier alpha value is -0.160. The van der Waals surface area contributed by atoms with E-state index in [4.69, 9.17) is 19.2 Å². The molecule has 102 valence electrons. The lowest BCUT2D eigenvalue weighted by atomic mass is 9.62. The van der Waals surface area contributed by atoms with Crippen LogP contribution in [-0.2, 0) is 19.2 Å². The molecule has 5 rings (SSSR count). The molecule has 0 radical (unpaired) electrons. The number of rotatable bonds is 0. The van der Waals surface area contributed by atoms with Gasteiger partial charge < -0.3 is 9.47 Å². The minimum Gasteiger partial charge on any atom is -0.346 e. The molecular weight excluding hydrogens is 232 g/mol.